The number of ketones is 1. The van der Waals surface area contributed by atoms with Crippen LogP contribution in [-0.4, -0.2) is 55.5 Å². The highest BCUT2D eigenvalue weighted by Crippen LogP contribution is 2.35. The van der Waals surface area contributed by atoms with Gasteiger partial charge in [0.05, 0.1) is 0 Å². The molecule has 3 rings (SSSR count). The summed E-state index contributed by atoms with van der Waals surface area (Å²) < 4.78 is 16.5. The topological polar surface area (TPSA) is 57.7 Å². The number of hydrogen-bond donors (Lipinski definition) is 0. The zero-order valence-electron chi connectivity index (χ0n) is 21.1. The molecule has 1 heterocycles. The van der Waals surface area contributed by atoms with Gasteiger partial charge in [-0.15, -0.1) is 0 Å². The summed E-state index contributed by atoms with van der Waals surface area (Å²) in [6, 6.07) is 4.23. The quantitative estimate of drug-likeness (QED) is 0.184. The number of carbonyl (C=O) groups excluding carboxylic acids is 1. The molecule has 2 saturated carbocycles. The summed E-state index contributed by atoms with van der Waals surface area (Å²) in [5, 5.41) is 0. The van der Waals surface area contributed by atoms with Gasteiger partial charge >= 0.3 is 0 Å². The van der Waals surface area contributed by atoms with E-state index in [1.54, 1.807) is 14.2 Å². The standard InChI is InChI=1S/C28H41NO4S/c1-22(19-34-20-25-9-5-10-25)28(33-21-32-3,27(30)11-6-16-31-2)18-26-17-24(14-15-29-26)8-4-7-23-12-13-23/h14-15,17,22-23,25H,4-5,7-10,12-13,16,18-21H2,1-3H3/t22-,28+/m0/s1. The Morgan fingerprint density at radius 1 is 1.24 bits per heavy atom. The van der Waals surface area contributed by atoms with Gasteiger partial charge in [0.2, 0.25) is 5.78 Å². The highest BCUT2D eigenvalue weighted by molar-refractivity contribution is 7.99. The first-order valence-electron chi connectivity index (χ1n) is 12.7. The molecule has 188 valence electrons. The SMILES string of the molecule is COCC#CC(=O)[C@](Cc1cc(CCCC2CC2)ccn1)(OCOC)[C@@H](C)CSCC1CCC1. The molecule has 0 bridgehead atoms. The highest BCUT2D eigenvalue weighted by atomic mass is 32.2. The molecule has 0 aliphatic heterocycles. The first-order chi connectivity index (χ1) is 16.6. The molecular formula is C28H41NO4S. The van der Waals surface area contributed by atoms with Crippen LogP contribution in [0.15, 0.2) is 18.3 Å². The second-order valence-corrected chi connectivity index (χ2v) is 11.0. The lowest BCUT2D eigenvalue weighted by Gasteiger charge is -2.36. The Morgan fingerprint density at radius 2 is 2.06 bits per heavy atom. The Bertz CT molecular complexity index is 827. The molecule has 0 spiro atoms. The summed E-state index contributed by atoms with van der Waals surface area (Å²) in [5.41, 5.74) is 1.04. The molecule has 6 heteroatoms. The maximum atomic E-state index is 13.5. The van der Waals surface area contributed by atoms with Crippen molar-refractivity contribution in [3.8, 4) is 11.8 Å². The van der Waals surface area contributed by atoms with Crippen molar-refractivity contribution in [2.45, 2.75) is 70.3 Å². The molecule has 0 amide bonds. The van der Waals surface area contributed by atoms with Crippen LogP contribution in [-0.2, 0) is 31.8 Å². The van der Waals surface area contributed by atoms with Crippen LogP contribution in [0.5, 0.6) is 0 Å². The van der Waals surface area contributed by atoms with E-state index in [2.05, 4.69) is 35.9 Å². The summed E-state index contributed by atoms with van der Waals surface area (Å²) in [4.78, 5) is 18.2. The number of Topliss-reactive ketones (excluding diaryl/α,β-unsaturated/α-hetero) is 1. The van der Waals surface area contributed by atoms with E-state index < -0.39 is 5.60 Å². The van der Waals surface area contributed by atoms with Crippen LogP contribution in [0.4, 0.5) is 0 Å². The molecule has 34 heavy (non-hydrogen) atoms. The van der Waals surface area contributed by atoms with Gasteiger partial charge in [0.1, 0.15) is 13.4 Å². The largest absolute Gasteiger partial charge is 0.372 e. The van der Waals surface area contributed by atoms with E-state index in [4.69, 9.17) is 14.2 Å². The maximum absolute atomic E-state index is 13.5. The van der Waals surface area contributed by atoms with Crippen molar-refractivity contribution in [1.29, 1.82) is 0 Å². The number of nitrogens with zero attached hydrogens (tertiary/aromatic N) is 1. The Kier molecular flexibility index (Phi) is 11.4. The normalized spacial score (nSPS) is 18.4. The Labute approximate surface area is 210 Å². The summed E-state index contributed by atoms with van der Waals surface area (Å²) >= 11 is 1.92. The average molecular weight is 488 g/mol. The molecule has 2 fully saturated rings. The van der Waals surface area contributed by atoms with Crippen molar-refractivity contribution >= 4 is 17.5 Å². The minimum absolute atomic E-state index is 0.0381. The summed E-state index contributed by atoms with van der Waals surface area (Å²) in [6.07, 6.45) is 12.6. The zero-order chi connectivity index (χ0) is 24.2. The van der Waals surface area contributed by atoms with Crippen LogP contribution in [0.2, 0.25) is 0 Å². The van der Waals surface area contributed by atoms with Crippen molar-refractivity contribution in [3.05, 3.63) is 29.6 Å². The van der Waals surface area contributed by atoms with Gasteiger partial charge in [-0.2, -0.15) is 11.8 Å². The molecule has 0 N–H and O–H groups in total. The molecule has 2 aliphatic rings. The van der Waals surface area contributed by atoms with Crippen LogP contribution in [0.25, 0.3) is 0 Å². The third-order valence-electron chi connectivity index (χ3n) is 7.08. The smallest absolute Gasteiger partial charge is 0.238 e. The molecule has 2 aliphatic carbocycles. The number of rotatable bonds is 16. The van der Waals surface area contributed by atoms with E-state index in [1.807, 2.05) is 18.0 Å². The summed E-state index contributed by atoms with van der Waals surface area (Å²) in [5.74, 6) is 9.10. The van der Waals surface area contributed by atoms with E-state index in [0.29, 0.717) is 6.42 Å². The van der Waals surface area contributed by atoms with Crippen molar-refractivity contribution < 1.29 is 19.0 Å². The molecular weight excluding hydrogens is 446 g/mol. The number of pyridine rings is 1. The van der Waals surface area contributed by atoms with Gasteiger partial charge in [-0.05, 0) is 72.6 Å². The molecule has 0 radical (unpaired) electrons. The van der Waals surface area contributed by atoms with Gasteiger partial charge in [-0.25, -0.2) is 0 Å². The van der Waals surface area contributed by atoms with Crippen molar-refractivity contribution in [1.82, 2.24) is 4.98 Å². The second-order valence-electron chi connectivity index (χ2n) is 9.91. The second kappa shape index (κ2) is 14.2. The van der Waals surface area contributed by atoms with Crippen LogP contribution in [0.3, 0.4) is 0 Å². The van der Waals surface area contributed by atoms with E-state index in [9.17, 15) is 4.79 Å². The molecule has 2 atom stereocenters. The summed E-state index contributed by atoms with van der Waals surface area (Å²) in [7, 11) is 3.16. The number of ether oxygens (including phenoxy) is 3. The van der Waals surface area contributed by atoms with Crippen LogP contribution >= 0.6 is 11.8 Å². The molecule has 1 aromatic rings. The Balaban J connectivity index is 1.77. The lowest BCUT2D eigenvalue weighted by Crippen LogP contribution is -2.50. The number of aromatic nitrogens is 1. The minimum Gasteiger partial charge on any atom is -0.372 e. The fourth-order valence-corrected chi connectivity index (χ4v) is 5.88. The predicted molar refractivity (Wildman–Crippen MR) is 138 cm³/mol. The maximum Gasteiger partial charge on any atom is 0.238 e. The van der Waals surface area contributed by atoms with Crippen LogP contribution in [0, 0.1) is 29.6 Å². The zero-order valence-corrected chi connectivity index (χ0v) is 22.0. The number of aryl methyl sites for hydroxylation is 1. The third-order valence-corrected chi connectivity index (χ3v) is 8.52. The van der Waals surface area contributed by atoms with Crippen molar-refractivity contribution in [3.63, 3.8) is 0 Å². The Hall–Kier alpha value is -1.39. The molecule has 1 aromatic heterocycles. The van der Waals surface area contributed by atoms with Crippen LogP contribution in [0.1, 0.15) is 63.1 Å². The first-order valence-corrected chi connectivity index (χ1v) is 13.9. The van der Waals surface area contributed by atoms with Gasteiger partial charge in [-0.1, -0.05) is 38.5 Å². The average Bonchev–Trinajstić information content (AvgIpc) is 3.63. The molecule has 5 nitrogen and oxygen atoms in total. The summed E-state index contributed by atoms with van der Waals surface area (Å²) in [6.45, 7) is 2.35. The van der Waals surface area contributed by atoms with Crippen molar-refractivity contribution in [2.75, 3.05) is 39.1 Å². The molecule has 0 saturated heterocycles. The van der Waals surface area contributed by atoms with Gasteiger partial charge in [0.25, 0.3) is 0 Å². The first kappa shape index (κ1) is 27.2. The van der Waals surface area contributed by atoms with Gasteiger partial charge in [0, 0.05) is 38.4 Å². The third kappa shape index (κ3) is 8.37. The highest BCUT2D eigenvalue weighted by Gasteiger charge is 2.44. The van der Waals surface area contributed by atoms with Gasteiger partial charge in [-0.3, -0.25) is 9.78 Å². The number of hydrogen-bond acceptors (Lipinski definition) is 6. The minimum atomic E-state index is -1.11. The lowest BCUT2D eigenvalue weighted by molar-refractivity contribution is -0.167. The van der Waals surface area contributed by atoms with Gasteiger partial charge < -0.3 is 14.2 Å². The lowest BCUT2D eigenvalue weighted by atomic mass is 9.81. The molecule has 0 aromatic carbocycles. The fraction of sp³-hybridized carbons (Fsp3) is 0.714. The van der Waals surface area contributed by atoms with Gasteiger partial charge in [0.15, 0.2) is 5.60 Å². The van der Waals surface area contributed by atoms with Crippen molar-refractivity contribution in [2.24, 2.45) is 17.8 Å². The van der Waals surface area contributed by atoms with Crippen LogP contribution < -0.4 is 0 Å². The number of methoxy groups -OCH3 is 2. The van der Waals surface area contributed by atoms with E-state index in [1.165, 1.54) is 50.5 Å². The molecule has 0 unspecified atom stereocenters. The van der Waals surface area contributed by atoms with E-state index in [-0.39, 0.29) is 25.1 Å². The number of thioether (sulfide) groups is 1. The monoisotopic (exact) mass is 487 g/mol. The van der Waals surface area contributed by atoms with E-state index in [0.717, 1.165) is 35.5 Å². The number of carbonyl (C=O) groups is 1. The fourth-order valence-electron chi connectivity index (χ4n) is 4.45. The predicted octanol–water partition coefficient (Wildman–Crippen LogP) is 5.10. The Morgan fingerprint density at radius 3 is 2.74 bits per heavy atom. The van der Waals surface area contributed by atoms with E-state index >= 15 is 0 Å².